The number of rotatable bonds is 6. The van der Waals surface area contributed by atoms with Crippen LogP contribution in [0.3, 0.4) is 0 Å². The van der Waals surface area contributed by atoms with Crippen LogP contribution in [0, 0.1) is 0 Å². The molecule has 0 unspecified atom stereocenters. The molecule has 5 nitrogen and oxygen atoms in total. The summed E-state index contributed by atoms with van der Waals surface area (Å²) in [5, 5.41) is 3.89. The van der Waals surface area contributed by atoms with Crippen molar-refractivity contribution in [2.75, 3.05) is 27.3 Å². The number of benzene rings is 1. The highest BCUT2D eigenvalue weighted by Crippen LogP contribution is 2.36. The van der Waals surface area contributed by atoms with Crippen molar-refractivity contribution in [3.63, 3.8) is 0 Å². The fourth-order valence-corrected chi connectivity index (χ4v) is 3.56. The van der Waals surface area contributed by atoms with Crippen LogP contribution in [0.1, 0.15) is 45.7 Å². The molecular weight excluding hydrogens is 371 g/mol. The van der Waals surface area contributed by atoms with Crippen molar-refractivity contribution in [2.45, 2.75) is 38.4 Å². The van der Waals surface area contributed by atoms with Gasteiger partial charge in [0.1, 0.15) is 0 Å². The molecule has 0 N–H and O–H groups in total. The van der Waals surface area contributed by atoms with E-state index in [9.17, 15) is 18.0 Å². The van der Waals surface area contributed by atoms with Gasteiger partial charge in [0.25, 0.3) is 5.91 Å². The van der Waals surface area contributed by atoms with Gasteiger partial charge in [0.05, 0.1) is 13.2 Å². The first-order valence-corrected chi connectivity index (χ1v) is 9.30. The third-order valence-electron chi connectivity index (χ3n) is 5.01. The number of ether oxygens (including phenoxy) is 1. The lowest BCUT2D eigenvalue weighted by Crippen LogP contribution is -2.30. The van der Waals surface area contributed by atoms with Crippen molar-refractivity contribution in [1.82, 2.24) is 14.7 Å². The molecule has 1 amide bonds. The Morgan fingerprint density at radius 1 is 1.29 bits per heavy atom. The molecule has 1 aliphatic rings. The molecule has 0 saturated heterocycles. The highest BCUT2D eigenvalue weighted by atomic mass is 19.4. The summed E-state index contributed by atoms with van der Waals surface area (Å²) < 4.78 is 46.5. The van der Waals surface area contributed by atoms with E-state index in [1.165, 1.54) is 4.68 Å². The Hall–Kier alpha value is -2.35. The largest absolute Gasteiger partial charge is 0.435 e. The number of alkyl halides is 3. The second-order valence-electron chi connectivity index (χ2n) is 7.06. The van der Waals surface area contributed by atoms with Crippen molar-refractivity contribution in [1.29, 1.82) is 0 Å². The van der Waals surface area contributed by atoms with Gasteiger partial charge in [0, 0.05) is 37.5 Å². The van der Waals surface area contributed by atoms with E-state index >= 15 is 0 Å². The smallest absolute Gasteiger partial charge is 0.383 e. The van der Waals surface area contributed by atoms with Crippen molar-refractivity contribution in [3.05, 3.63) is 52.3 Å². The summed E-state index contributed by atoms with van der Waals surface area (Å²) in [6.45, 7) is 1.10. The predicted molar refractivity (Wildman–Crippen MR) is 98.3 cm³/mol. The van der Waals surface area contributed by atoms with Crippen LogP contribution in [-0.4, -0.2) is 47.9 Å². The minimum absolute atomic E-state index is 0.155. The minimum Gasteiger partial charge on any atom is -0.383 e. The second kappa shape index (κ2) is 8.34. The van der Waals surface area contributed by atoms with E-state index in [-0.39, 0.29) is 12.5 Å². The van der Waals surface area contributed by atoms with Crippen LogP contribution in [-0.2, 0) is 30.3 Å². The number of fused-ring (bicyclic) bond motifs is 1. The second-order valence-corrected chi connectivity index (χ2v) is 7.06. The molecule has 28 heavy (non-hydrogen) atoms. The molecule has 0 atom stereocenters. The van der Waals surface area contributed by atoms with Gasteiger partial charge in [-0.25, -0.2) is 0 Å². The maximum absolute atomic E-state index is 13.4. The van der Waals surface area contributed by atoms with Gasteiger partial charge in [0.15, 0.2) is 5.69 Å². The van der Waals surface area contributed by atoms with E-state index in [0.717, 1.165) is 18.4 Å². The molecule has 0 fully saturated rings. The molecule has 1 aliphatic carbocycles. The lowest BCUT2D eigenvalue weighted by molar-refractivity contribution is -0.142. The minimum atomic E-state index is -4.45. The van der Waals surface area contributed by atoms with Crippen LogP contribution >= 0.6 is 0 Å². The van der Waals surface area contributed by atoms with Gasteiger partial charge in [0.2, 0.25) is 0 Å². The normalized spacial score (nSPS) is 14.0. The Kier molecular flexibility index (Phi) is 6.07. The quantitative estimate of drug-likeness (QED) is 0.752. The number of aromatic nitrogens is 2. The fourth-order valence-electron chi connectivity index (χ4n) is 3.56. The van der Waals surface area contributed by atoms with Crippen molar-refractivity contribution in [3.8, 4) is 0 Å². The Morgan fingerprint density at radius 3 is 2.75 bits per heavy atom. The third kappa shape index (κ3) is 4.38. The number of carbonyl (C=O) groups excluding carboxylic acids is 1. The van der Waals surface area contributed by atoms with Gasteiger partial charge in [-0.1, -0.05) is 12.1 Å². The van der Waals surface area contributed by atoms with Gasteiger partial charge in [-0.3, -0.25) is 9.48 Å². The Balaban J connectivity index is 1.85. The zero-order chi connectivity index (χ0) is 20.3. The molecule has 1 aromatic carbocycles. The Morgan fingerprint density at radius 2 is 2.04 bits per heavy atom. The number of amides is 1. The molecule has 0 saturated carbocycles. The number of halogens is 3. The van der Waals surface area contributed by atoms with E-state index in [1.54, 1.807) is 43.3 Å². The average molecular weight is 395 g/mol. The van der Waals surface area contributed by atoms with Gasteiger partial charge in [-0.05, 0) is 43.4 Å². The summed E-state index contributed by atoms with van der Waals surface area (Å²) >= 11 is 0. The Labute approximate surface area is 162 Å². The van der Waals surface area contributed by atoms with Crippen LogP contribution in [0.2, 0.25) is 0 Å². The van der Waals surface area contributed by atoms with Gasteiger partial charge >= 0.3 is 6.18 Å². The maximum atomic E-state index is 13.4. The number of nitrogens with zero attached hydrogens (tertiary/aromatic N) is 3. The molecule has 1 heterocycles. The SMILES string of the molecule is COCCN(C)C(=O)c1cccc(Cn2nc(C(F)(F)F)c3c2CCCC3)c1. The molecule has 0 aliphatic heterocycles. The van der Waals surface area contributed by atoms with E-state index in [2.05, 4.69) is 5.10 Å². The van der Waals surface area contributed by atoms with Crippen molar-refractivity contribution < 1.29 is 22.7 Å². The summed E-state index contributed by atoms with van der Waals surface area (Å²) in [6, 6.07) is 6.97. The number of likely N-dealkylation sites (N-methyl/N-ethyl adjacent to an activating group) is 1. The Bertz CT molecular complexity index is 846. The first-order chi connectivity index (χ1) is 13.3. The summed E-state index contributed by atoms with van der Waals surface area (Å²) in [7, 11) is 3.26. The fraction of sp³-hybridized carbons (Fsp3) is 0.500. The first-order valence-electron chi connectivity index (χ1n) is 9.30. The number of hydrogen-bond acceptors (Lipinski definition) is 3. The van der Waals surface area contributed by atoms with Gasteiger partial charge in [-0.15, -0.1) is 0 Å². The number of hydrogen-bond donors (Lipinski definition) is 0. The lowest BCUT2D eigenvalue weighted by Gasteiger charge is -2.17. The molecule has 2 aromatic rings. The zero-order valence-electron chi connectivity index (χ0n) is 16.1. The van der Waals surface area contributed by atoms with Crippen LogP contribution in [0.4, 0.5) is 13.2 Å². The standard InChI is InChI=1S/C20H24F3N3O2/c1-25(10-11-28-2)19(27)15-7-5-6-14(12-15)13-26-17-9-4-3-8-16(17)18(24-26)20(21,22)23/h5-7,12H,3-4,8-11,13H2,1-2H3. The molecular formula is C20H24F3N3O2. The lowest BCUT2D eigenvalue weighted by atomic mass is 9.95. The van der Waals surface area contributed by atoms with E-state index in [1.807, 2.05) is 0 Å². The van der Waals surface area contributed by atoms with Crippen LogP contribution in [0.15, 0.2) is 24.3 Å². The summed E-state index contributed by atoms with van der Waals surface area (Å²) in [4.78, 5) is 14.1. The van der Waals surface area contributed by atoms with Crippen LogP contribution < -0.4 is 0 Å². The molecule has 152 valence electrons. The zero-order valence-corrected chi connectivity index (χ0v) is 16.1. The van der Waals surface area contributed by atoms with Crippen molar-refractivity contribution >= 4 is 5.91 Å². The predicted octanol–water partition coefficient (Wildman–Crippen LogP) is 3.55. The monoisotopic (exact) mass is 395 g/mol. The highest BCUT2D eigenvalue weighted by Gasteiger charge is 2.39. The molecule has 3 rings (SSSR count). The molecule has 1 aromatic heterocycles. The average Bonchev–Trinajstić information content (AvgIpc) is 3.05. The number of carbonyl (C=O) groups is 1. The van der Waals surface area contributed by atoms with Crippen LogP contribution in [0.5, 0.6) is 0 Å². The van der Waals surface area contributed by atoms with E-state index < -0.39 is 11.9 Å². The van der Waals surface area contributed by atoms with Crippen molar-refractivity contribution in [2.24, 2.45) is 0 Å². The first kappa shape index (κ1) is 20.4. The number of methoxy groups -OCH3 is 1. The van der Waals surface area contributed by atoms with E-state index in [0.29, 0.717) is 42.8 Å². The summed E-state index contributed by atoms with van der Waals surface area (Å²) in [5.74, 6) is -0.155. The van der Waals surface area contributed by atoms with Gasteiger partial charge in [-0.2, -0.15) is 18.3 Å². The van der Waals surface area contributed by atoms with E-state index in [4.69, 9.17) is 4.74 Å². The van der Waals surface area contributed by atoms with Crippen LogP contribution in [0.25, 0.3) is 0 Å². The molecule has 8 heteroatoms. The molecule has 0 bridgehead atoms. The summed E-state index contributed by atoms with van der Waals surface area (Å²) in [5.41, 5.74) is 1.45. The van der Waals surface area contributed by atoms with Gasteiger partial charge < -0.3 is 9.64 Å². The topological polar surface area (TPSA) is 47.4 Å². The molecule has 0 radical (unpaired) electrons. The third-order valence-corrected chi connectivity index (χ3v) is 5.01. The highest BCUT2D eigenvalue weighted by molar-refractivity contribution is 5.94. The molecule has 0 spiro atoms. The summed E-state index contributed by atoms with van der Waals surface area (Å²) in [6.07, 6.45) is -1.84. The maximum Gasteiger partial charge on any atom is 0.435 e.